The summed E-state index contributed by atoms with van der Waals surface area (Å²) in [7, 11) is -1.72. The fourth-order valence-corrected chi connectivity index (χ4v) is 7.62. The minimum Gasteiger partial charge on any atom is -0.468 e. The van der Waals surface area contributed by atoms with Crippen LogP contribution < -0.4 is 10.1 Å². The van der Waals surface area contributed by atoms with Gasteiger partial charge in [0, 0.05) is 4.88 Å². The number of ether oxygens (including phenoxy) is 2. The fourth-order valence-electron chi connectivity index (χ4n) is 4.16. The molecule has 3 aromatic rings. The number of hydrogen-bond acceptors (Lipinski definition) is 10. The van der Waals surface area contributed by atoms with Crippen molar-refractivity contribution < 1.29 is 37.1 Å². The standard InChI is InChI=1S/C24H25N3O8S3/c1-13-7-8-15-17(9-13)37-24(27(15)10-20(30)34-2)26-19(29)12-38(32,33)11-18(28)25-22-21(23(31)35-3)14-5-4-6-16(14)36-22/h7-9H,4-6,10-12H2,1-3H3,(H,25,28). The summed E-state index contributed by atoms with van der Waals surface area (Å²) in [5.74, 6) is -4.99. The second kappa shape index (κ2) is 11.2. The molecule has 1 aliphatic carbocycles. The van der Waals surface area contributed by atoms with Crippen molar-refractivity contribution in [1.82, 2.24) is 4.57 Å². The summed E-state index contributed by atoms with van der Waals surface area (Å²) in [6, 6.07) is 5.48. The Kier molecular flexibility index (Phi) is 8.13. The molecule has 0 saturated carbocycles. The number of aryl methyl sites for hydroxylation is 2. The molecule has 2 heterocycles. The molecule has 0 atom stereocenters. The molecule has 2 amide bonds. The lowest BCUT2D eigenvalue weighted by Gasteiger charge is -2.07. The number of sulfone groups is 1. The second-order valence-corrected chi connectivity index (χ2v) is 12.8. The Morgan fingerprint density at radius 3 is 2.55 bits per heavy atom. The number of thiophene rings is 1. The van der Waals surface area contributed by atoms with Crippen molar-refractivity contribution in [3.05, 3.63) is 44.6 Å². The molecule has 14 heteroatoms. The zero-order valence-corrected chi connectivity index (χ0v) is 23.3. The number of carbonyl (C=O) groups is 4. The number of methoxy groups -OCH3 is 2. The Hall–Kier alpha value is -3.36. The third-order valence-electron chi connectivity index (χ3n) is 5.83. The molecule has 0 saturated heterocycles. The average Bonchev–Trinajstić information content (AvgIpc) is 3.50. The number of anilines is 1. The molecule has 38 heavy (non-hydrogen) atoms. The van der Waals surface area contributed by atoms with Crippen LogP contribution in [-0.2, 0) is 53.1 Å². The Bertz CT molecular complexity index is 1630. The molecular formula is C24H25N3O8S3. The van der Waals surface area contributed by atoms with E-state index in [1.54, 1.807) is 6.07 Å². The highest BCUT2D eigenvalue weighted by Crippen LogP contribution is 2.39. The van der Waals surface area contributed by atoms with Gasteiger partial charge in [-0.2, -0.15) is 4.99 Å². The topological polar surface area (TPSA) is 150 Å². The largest absolute Gasteiger partial charge is 0.468 e. The van der Waals surface area contributed by atoms with Crippen molar-refractivity contribution in [3.63, 3.8) is 0 Å². The smallest absolute Gasteiger partial charge is 0.341 e. The van der Waals surface area contributed by atoms with Gasteiger partial charge in [-0.3, -0.25) is 14.4 Å². The van der Waals surface area contributed by atoms with Gasteiger partial charge in [0.2, 0.25) is 5.91 Å². The molecule has 0 radical (unpaired) electrons. The van der Waals surface area contributed by atoms with E-state index in [-0.39, 0.29) is 21.9 Å². The number of amides is 2. The highest BCUT2D eigenvalue weighted by molar-refractivity contribution is 7.92. The fraction of sp³-hybridized carbons (Fsp3) is 0.375. The van der Waals surface area contributed by atoms with Gasteiger partial charge in [0.1, 0.15) is 23.1 Å². The lowest BCUT2D eigenvalue weighted by atomic mass is 10.1. The van der Waals surface area contributed by atoms with E-state index in [0.29, 0.717) is 11.9 Å². The van der Waals surface area contributed by atoms with Crippen molar-refractivity contribution >= 4 is 71.5 Å². The lowest BCUT2D eigenvalue weighted by Crippen LogP contribution is -2.29. The number of fused-ring (bicyclic) bond motifs is 2. The van der Waals surface area contributed by atoms with Crippen LogP contribution >= 0.6 is 22.7 Å². The number of nitrogens with zero attached hydrogens (tertiary/aromatic N) is 2. The third kappa shape index (κ3) is 6.03. The molecule has 0 fully saturated rings. The van der Waals surface area contributed by atoms with Gasteiger partial charge in [0.05, 0.1) is 30.0 Å². The summed E-state index contributed by atoms with van der Waals surface area (Å²) in [6.07, 6.45) is 2.33. The summed E-state index contributed by atoms with van der Waals surface area (Å²) in [5, 5.41) is 2.74. The molecule has 11 nitrogen and oxygen atoms in total. The second-order valence-electron chi connectivity index (χ2n) is 8.66. The molecule has 1 N–H and O–H groups in total. The van der Waals surface area contributed by atoms with E-state index < -0.39 is 45.1 Å². The van der Waals surface area contributed by atoms with Crippen molar-refractivity contribution in [2.75, 3.05) is 31.0 Å². The van der Waals surface area contributed by atoms with Crippen LogP contribution in [0.5, 0.6) is 0 Å². The van der Waals surface area contributed by atoms with E-state index in [2.05, 4.69) is 10.3 Å². The third-order valence-corrected chi connectivity index (χ3v) is 9.47. The highest BCUT2D eigenvalue weighted by Gasteiger charge is 2.29. The minimum absolute atomic E-state index is 0.136. The number of hydrogen-bond donors (Lipinski definition) is 1. The Labute approximate surface area is 226 Å². The number of benzene rings is 1. The van der Waals surface area contributed by atoms with Crippen LogP contribution in [0.1, 0.15) is 32.8 Å². The average molecular weight is 580 g/mol. The zero-order chi connectivity index (χ0) is 27.6. The van der Waals surface area contributed by atoms with E-state index in [1.807, 2.05) is 19.1 Å². The van der Waals surface area contributed by atoms with E-state index >= 15 is 0 Å². The minimum atomic E-state index is -4.19. The van der Waals surface area contributed by atoms with Gasteiger partial charge in [0.25, 0.3) is 5.91 Å². The first-order valence-corrected chi connectivity index (χ1v) is 14.9. The van der Waals surface area contributed by atoms with Gasteiger partial charge < -0.3 is 19.4 Å². The van der Waals surface area contributed by atoms with E-state index in [9.17, 15) is 27.6 Å². The SMILES string of the molecule is COC(=O)Cn1c(=NC(=O)CS(=O)(=O)CC(=O)Nc2sc3c(c2C(=O)OC)CCC3)sc2cc(C)ccc21. The van der Waals surface area contributed by atoms with Crippen molar-refractivity contribution in [2.45, 2.75) is 32.7 Å². The maximum Gasteiger partial charge on any atom is 0.341 e. The normalized spacial score (nSPS) is 13.4. The highest BCUT2D eigenvalue weighted by atomic mass is 32.2. The predicted molar refractivity (Wildman–Crippen MR) is 142 cm³/mol. The molecule has 4 rings (SSSR count). The summed E-state index contributed by atoms with van der Waals surface area (Å²) in [5.41, 5.74) is 2.66. The summed E-state index contributed by atoms with van der Waals surface area (Å²) in [6.45, 7) is 1.68. The molecule has 0 unspecified atom stereocenters. The van der Waals surface area contributed by atoms with Crippen LogP contribution in [0, 0.1) is 6.92 Å². The van der Waals surface area contributed by atoms with Gasteiger partial charge in [-0.15, -0.1) is 11.3 Å². The van der Waals surface area contributed by atoms with Crippen LogP contribution in [0.2, 0.25) is 0 Å². The Morgan fingerprint density at radius 2 is 1.84 bits per heavy atom. The summed E-state index contributed by atoms with van der Waals surface area (Å²) in [4.78, 5) is 54.4. The summed E-state index contributed by atoms with van der Waals surface area (Å²) >= 11 is 2.35. The predicted octanol–water partition coefficient (Wildman–Crippen LogP) is 2.00. The first-order chi connectivity index (χ1) is 18.0. The first-order valence-electron chi connectivity index (χ1n) is 11.5. The molecule has 2 aromatic heterocycles. The van der Waals surface area contributed by atoms with Gasteiger partial charge in [-0.05, 0) is 49.4 Å². The lowest BCUT2D eigenvalue weighted by molar-refractivity contribution is -0.141. The first kappa shape index (κ1) is 27.7. The van der Waals surface area contributed by atoms with Crippen molar-refractivity contribution in [3.8, 4) is 0 Å². The van der Waals surface area contributed by atoms with E-state index in [0.717, 1.165) is 44.9 Å². The van der Waals surface area contributed by atoms with E-state index in [1.165, 1.54) is 30.1 Å². The molecule has 202 valence electrons. The number of aromatic nitrogens is 1. The van der Waals surface area contributed by atoms with Gasteiger partial charge in [-0.1, -0.05) is 17.4 Å². The van der Waals surface area contributed by atoms with E-state index in [4.69, 9.17) is 9.47 Å². The number of carbonyl (C=O) groups excluding carboxylic acids is 4. The Morgan fingerprint density at radius 1 is 1.08 bits per heavy atom. The van der Waals surface area contributed by atoms with Crippen molar-refractivity contribution in [1.29, 1.82) is 0 Å². The molecule has 1 aliphatic rings. The maximum absolute atomic E-state index is 12.7. The zero-order valence-electron chi connectivity index (χ0n) is 20.9. The quantitative estimate of drug-likeness (QED) is 0.398. The van der Waals surface area contributed by atoms with Crippen LogP contribution in [0.25, 0.3) is 10.2 Å². The molecule has 1 aromatic carbocycles. The van der Waals surface area contributed by atoms with Crippen LogP contribution in [0.3, 0.4) is 0 Å². The molecule has 0 bridgehead atoms. The van der Waals surface area contributed by atoms with Crippen LogP contribution in [0.15, 0.2) is 23.2 Å². The maximum atomic E-state index is 12.7. The number of esters is 2. The Balaban J connectivity index is 1.52. The van der Waals surface area contributed by atoms with Crippen LogP contribution in [-0.4, -0.2) is 62.5 Å². The number of nitrogens with one attached hydrogen (secondary N) is 1. The molecular weight excluding hydrogens is 554 g/mol. The van der Waals surface area contributed by atoms with Gasteiger partial charge >= 0.3 is 11.9 Å². The van der Waals surface area contributed by atoms with Gasteiger partial charge in [-0.25, -0.2) is 13.2 Å². The monoisotopic (exact) mass is 579 g/mol. The van der Waals surface area contributed by atoms with Crippen LogP contribution in [0.4, 0.5) is 5.00 Å². The number of rotatable bonds is 8. The molecule has 0 spiro atoms. The molecule has 0 aliphatic heterocycles. The van der Waals surface area contributed by atoms with Gasteiger partial charge in [0.15, 0.2) is 14.6 Å². The van der Waals surface area contributed by atoms with Crippen molar-refractivity contribution in [2.24, 2.45) is 4.99 Å². The number of thiazole rings is 1. The summed E-state index contributed by atoms with van der Waals surface area (Å²) < 4.78 is 37.1.